The van der Waals surface area contributed by atoms with Gasteiger partial charge in [0.25, 0.3) is 0 Å². The van der Waals surface area contributed by atoms with E-state index in [0.717, 1.165) is 0 Å². The predicted octanol–water partition coefficient (Wildman–Crippen LogP) is 1.54. The number of anilines is 1. The molecule has 1 amide bonds. The van der Waals surface area contributed by atoms with Crippen molar-refractivity contribution in [3.63, 3.8) is 0 Å². The number of carbonyl (C=O) groups is 2. The maximum atomic E-state index is 12.0. The highest BCUT2D eigenvalue weighted by atomic mass is 32.1. The van der Waals surface area contributed by atoms with Gasteiger partial charge in [-0.05, 0) is 30.7 Å². The van der Waals surface area contributed by atoms with Gasteiger partial charge >= 0.3 is 5.97 Å². The zero-order chi connectivity index (χ0) is 13.8. The molecule has 0 bridgehead atoms. The fraction of sp³-hybridized carbons (Fsp3) is 0.462. The van der Waals surface area contributed by atoms with E-state index in [9.17, 15) is 9.59 Å². The summed E-state index contributed by atoms with van der Waals surface area (Å²) in [5, 5.41) is 0. The molecule has 0 saturated carbocycles. The van der Waals surface area contributed by atoms with Gasteiger partial charge in [0.1, 0.15) is 11.4 Å². The third-order valence-corrected chi connectivity index (χ3v) is 3.52. The number of esters is 1. The summed E-state index contributed by atoms with van der Waals surface area (Å²) in [7, 11) is 0. The van der Waals surface area contributed by atoms with Crippen molar-refractivity contribution in [2.75, 3.05) is 23.8 Å². The lowest BCUT2D eigenvalue weighted by atomic mass is 10.1. The van der Waals surface area contributed by atoms with E-state index < -0.39 is 5.97 Å². The number of hydrogen-bond donors (Lipinski definition) is 1. The Labute approximate surface area is 117 Å². The Balaban J connectivity index is 2.30. The average molecular weight is 280 g/mol. The van der Waals surface area contributed by atoms with Gasteiger partial charge in [-0.2, -0.15) is 12.6 Å². The molecule has 102 valence electrons. The van der Waals surface area contributed by atoms with Crippen LogP contribution in [0.3, 0.4) is 0 Å². The van der Waals surface area contributed by atoms with Crippen LogP contribution in [0.4, 0.5) is 5.82 Å². The lowest BCUT2D eigenvalue weighted by Crippen LogP contribution is -2.28. The number of aromatic nitrogens is 1. The van der Waals surface area contributed by atoms with Gasteiger partial charge in [0.2, 0.25) is 5.91 Å². The second kappa shape index (κ2) is 6.06. The summed E-state index contributed by atoms with van der Waals surface area (Å²) in [5.74, 6) is 0.753. The van der Waals surface area contributed by atoms with Crippen LogP contribution >= 0.6 is 12.6 Å². The molecule has 0 aromatic carbocycles. The van der Waals surface area contributed by atoms with Crippen molar-refractivity contribution in [3.05, 3.63) is 23.9 Å². The first kappa shape index (κ1) is 13.9. The van der Waals surface area contributed by atoms with Crippen molar-refractivity contribution in [1.29, 1.82) is 0 Å². The van der Waals surface area contributed by atoms with Gasteiger partial charge < -0.3 is 4.74 Å². The van der Waals surface area contributed by atoms with Gasteiger partial charge in [0.05, 0.1) is 6.61 Å². The van der Waals surface area contributed by atoms with E-state index in [4.69, 9.17) is 4.74 Å². The maximum absolute atomic E-state index is 12.0. The minimum atomic E-state index is -0.451. The monoisotopic (exact) mass is 280 g/mol. The molecule has 1 aliphatic rings. The molecule has 0 N–H and O–H groups in total. The molecule has 19 heavy (non-hydrogen) atoms. The van der Waals surface area contributed by atoms with Gasteiger partial charge in [-0.15, -0.1) is 0 Å². The zero-order valence-electron chi connectivity index (χ0n) is 10.7. The maximum Gasteiger partial charge on any atom is 0.341 e. The second-order valence-corrected chi connectivity index (χ2v) is 4.72. The highest BCUT2D eigenvalue weighted by Gasteiger charge is 2.32. The van der Waals surface area contributed by atoms with Crippen LogP contribution in [0, 0.1) is 5.92 Å². The Morgan fingerprint density at radius 1 is 1.63 bits per heavy atom. The first-order valence-electron chi connectivity index (χ1n) is 6.20. The van der Waals surface area contributed by atoms with Gasteiger partial charge in [-0.1, -0.05) is 0 Å². The highest BCUT2D eigenvalue weighted by molar-refractivity contribution is 7.80. The third kappa shape index (κ3) is 2.89. The van der Waals surface area contributed by atoms with Crippen LogP contribution in [0.2, 0.25) is 0 Å². The Morgan fingerprint density at radius 2 is 2.42 bits per heavy atom. The van der Waals surface area contributed by atoms with E-state index in [1.54, 1.807) is 30.2 Å². The summed E-state index contributed by atoms with van der Waals surface area (Å²) in [6.07, 6.45) is 2.02. The van der Waals surface area contributed by atoms with Crippen molar-refractivity contribution in [2.24, 2.45) is 5.92 Å². The molecule has 0 spiro atoms. The lowest BCUT2D eigenvalue weighted by molar-refractivity contribution is -0.117. The third-order valence-electron chi connectivity index (χ3n) is 3.00. The molecule has 1 aromatic rings. The Hall–Kier alpha value is -1.56. The fourth-order valence-electron chi connectivity index (χ4n) is 2.09. The summed E-state index contributed by atoms with van der Waals surface area (Å²) >= 11 is 4.22. The standard InChI is InChI=1S/C13H16N2O3S/c1-2-18-13(17)10-4-3-5-14-12(10)15-7-9(8-19)6-11(15)16/h3-5,9,19H,2,6-8H2,1H3. The van der Waals surface area contributed by atoms with E-state index in [1.165, 1.54) is 0 Å². The van der Waals surface area contributed by atoms with Crippen molar-refractivity contribution >= 4 is 30.3 Å². The van der Waals surface area contributed by atoms with Crippen LogP contribution in [0.1, 0.15) is 23.7 Å². The van der Waals surface area contributed by atoms with Crippen LogP contribution in [-0.4, -0.2) is 35.8 Å². The first-order valence-corrected chi connectivity index (χ1v) is 6.84. The molecule has 1 saturated heterocycles. The molecule has 2 rings (SSSR count). The molecule has 1 atom stereocenters. The SMILES string of the molecule is CCOC(=O)c1cccnc1N1CC(CS)CC1=O. The first-order chi connectivity index (χ1) is 9.17. The van der Waals surface area contributed by atoms with Crippen LogP contribution in [0.15, 0.2) is 18.3 Å². The molecule has 5 nitrogen and oxygen atoms in total. The minimum absolute atomic E-state index is 0.0247. The number of ether oxygens (including phenoxy) is 1. The molecule has 1 aromatic heterocycles. The van der Waals surface area contributed by atoms with Crippen molar-refractivity contribution in [3.8, 4) is 0 Å². The number of rotatable bonds is 4. The topological polar surface area (TPSA) is 59.5 Å². The quantitative estimate of drug-likeness (QED) is 0.671. The number of carbonyl (C=O) groups excluding carboxylic acids is 2. The van der Waals surface area contributed by atoms with Crippen molar-refractivity contribution in [2.45, 2.75) is 13.3 Å². The summed E-state index contributed by atoms with van der Waals surface area (Å²) in [4.78, 5) is 29.6. The number of nitrogens with zero attached hydrogens (tertiary/aromatic N) is 2. The van der Waals surface area contributed by atoms with E-state index in [1.807, 2.05) is 0 Å². The van der Waals surface area contributed by atoms with E-state index in [-0.39, 0.29) is 11.8 Å². The molecule has 0 radical (unpaired) electrons. The largest absolute Gasteiger partial charge is 0.462 e. The zero-order valence-corrected chi connectivity index (χ0v) is 11.6. The smallest absolute Gasteiger partial charge is 0.341 e. The van der Waals surface area contributed by atoms with Gasteiger partial charge in [0, 0.05) is 19.2 Å². The molecule has 6 heteroatoms. The number of thiol groups is 1. The number of pyridine rings is 1. The normalized spacial score (nSPS) is 18.7. The van der Waals surface area contributed by atoms with Gasteiger partial charge in [0.15, 0.2) is 0 Å². The highest BCUT2D eigenvalue weighted by Crippen LogP contribution is 2.27. The average Bonchev–Trinajstić information content (AvgIpc) is 2.80. The molecule has 2 heterocycles. The van der Waals surface area contributed by atoms with Crippen LogP contribution in [0.25, 0.3) is 0 Å². The van der Waals surface area contributed by atoms with E-state index >= 15 is 0 Å². The van der Waals surface area contributed by atoms with Crippen molar-refractivity contribution < 1.29 is 14.3 Å². The van der Waals surface area contributed by atoms with Gasteiger partial charge in [-0.25, -0.2) is 9.78 Å². The van der Waals surface area contributed by atoms with E-state index in [0.29, 0.717) is 36.7 Å². The molecular weight excluding hydrogens is 264 g/mol. The second-order valence-electron chi connectivity index (χ2n) is 4.35. The minimum Gasteiger partial charge on any atom is -0.462 e. The van der Waals surface area contributed by atoms with Crippen LogP contribution in [-0.2, 0) is 9.53 Å². The summed E-state index contributed by atoms with van der Waals surface area (Å²) < 4.78 is 4.98. The Morgan fingerprint density at radius 3 is 3.05 bits per heavy atom. The van der Waals surface area contributed by atoms with Gasteiger partial charge in [-0.3, -0.25) is 9.69 Å². The van der Waals surface area contributed by atoms with Crippen LogP contribution in [0.5, 0.6) is 0 Å². The molecule has 1 fully saturated rings. The number of hydrogen-bond acceptors (Lipinski definition) is 5. The van der Waals surface area contributed by atoms with Crippen LogP contribution < -0.4 is 4.90 Å². The lowest BCUT2D eigenvalue weighted by Gasteiger charge is -2.18. The summed E-state index contributed by atoms with van der Waals surface area (Å²) in [6, 6.07) is 3.29. The Bertz CT molecular complexity index is 493. The molecule has 1 unspecified atom stereocenters. The Kier molecular flexibility index (Phi) is 4.42. The number of amides is 1. The fourth-order valence-corrected chi connectivity index (χ4v) is 2.33. The molecular formula is C13H16N2O3S. The molecule has 0 aliphatic carbocycles. The summed E-state index contributed by atoms with van der Waals surface area (Å²) in [5.41, 5.74) is 0.331. The molecule has 1 aliphatic heterocycles. The predicted molar refractivity (Wildman–Crippen MR) is 74.5 cm³/mol. The van der Waals surface area contributed by atoms with Crippen molar-refractivity contribution in [1.82, 2.24) is 4.98 Å². The summed E-state index contributed by atoms with van der Waals surface area (Å²) in [6.45, 7) is 2.58. The van der Waals surface area contributed by atoms with E-state index in [2.05, 4.69) is 17.6 Å².